The molecule has 0 fully saturated rings. The monoisotopic (exact) mass is 245 g/mol. The zero-order valence-electron chi connectivity index (χ0n) is 10.7. The van der Waals surface area contributed by atoms with E-state index in [0.717, 1.165) is 30.4 Å². The topological polar surface area (TPSA) is 42.2 Å². The maximum Gasteiger partial charge on any atom is 0.287 e. The SMILES string of the molecule is CCCCCCNC(=O)c1cc2ccccc2o1. The van der Waals surface area contributed by atoms with Gasteiger partial charge >= 0.3 is 0 Å². The molecule has 1 N–H and O–H groups in total. The summed E-state index contributed by atoms with van der Waals surface area (Å²) in [4.78, 5) is 11.8. The highest BCUT2D eigenvalue weighted by molar-refractivity contribution is 5.95. The molecule has 0 radical (unpaired) electrons. The van der Waals surface area contributed by atoms with Crippen molar-refractivity contribution in [3.8, 4) is 0 Å². The Kier molecular flexibility index (Phi) is 4.40. The van der Waals surface area contributed by atoms with Crippen LogP contribution in [0.3, 0.4) is 0 Å². The molecule has 1 heterocycles. The van der Waals surface area contributed by atoms with Crippen LogP contribution < -0.4 is 5.32 Å². The number of hydrogen-bond acceptors (Lipinski definition) is 2. The van der Waals surface area contributed by atoms with E-state index in [2.05, 4.69) is 12.2 Å². The Hall–Kier alpha value is -1.77. The second kappa shape index (κ2) is 6.24. The van der Waals surface area contributed by atoms with Gasteiger partial charge in [0.25, 0.3) is 5.91 Å². The van der Waals surface area contributed by atoms with Crippen molar-refractivity contribution in [1.82, 2.24) is 5.32 Å². The Morgan fingerprint density at radius 3 is 2.83 bits per heavy atom. The summed E-state index contributed by atoms with van der Waals surface area (Å²) >= 11 is 0. The fourth-order valence-corrected chi connectivity index (χ4v) is 1.93. The highest BCUT2D eigenvalue weighted by atomic mass is 16.3. The average molecular weight is 245 g/mol. The number of hydrogen-bond donors (Lipinski definition) is 1. The van der Waals surface area contributed by atoms with Crippen molar-refractivity contribution >= 4 is 16.9 Å². The minimum Gasteiger partial charge on any atom is -0.451 e. The largest absolute Gasteiger partial charge is 0.451 e. The summed E-state index contributed by atoms with van der Waals surface area (Å²) in [6.07, 6.45) is 4.62. The number of fused-ring (bicyclic) bond motifs is 1. The van der Waals surface area contributed by atoms with Gasteiger partial charge in [0, 0.05) is 11.9 Å². The molecule has 0 unspecified atom stereocenters. The van der Waals surface area contributed by atoms with Crippen LogP contribution in [0.1, 0.15) is 43.2 Å². The standard InChI is InChI=1S/C15H19NO2/c1-2-3-4-7-10-16-15(17)14-11-12-8-5-6-9-13(12)18-14/h5-6,8-9,11H,2-4,7,10H2,1H3,(H,16,17). The number of rotatable bonds is 6. The fourth-order valence-electron chi connectivity index (χ4n) is 1.93. The van der Waals surface area contributed by atoms with Crippen molar-refractivity contribution in [3.05, 3.63) is 36.1 Å². The van der Waals surface area contributed by atoms with Crippen molar-refractivity contribution in [2.45, 2.75) is 32.6 Å². The lowest BCUT2D eigenvalue weighted by Crippen LogP contribution is -2.23. The van der Waals surface area contributed by atoms with Gasteiger partial charge in [0.2, 0.25) is 0 Å². The number of nitrogens with one attached hydrogen (secondary N) is 1. The number of carbonyl (C=O) groups is 1. The molecule has 0 atom stereocenters. The molecule has 2 rings (SSSR count). The van der Waals surface area contributed by atoms with E-state index >= 15 is 0 Å². The van der Waals surface area contributed by atoms with Crippen LogP contribution in [0.25, 0.3) is 11.0 Å². The molecule has 18 heavy (non-hydrogen) atoms. The Labute approximate surface area is 107 Å². The van der Waals surface area contributed by atoms with Crippen LogP contribution in [0.4, 0.5) is 0 Å². The molecule has 96 valence electrons. The van der Waals surface area contributed by atoms with Crippen LogP contribution in [0.2, 0.25) is 0 Å². The first-order chi connectivity index (χ1) is 8.81. The van der Waals surface area contributed by atoms with Crippen LogP contribution in [-0.2, 0) is 0 Å². The van der Waals surface area contributed by atoms with Crippen molar-refractivity contribution in [3.63, 3.8) is 0 Å². The maximum absolute atomic E-state index is 11.8. The number of para-hydroxylation sites is 1. The summed E-state index contributed by atoms with van der Waals surface area (Å²) in [6.45, 7) is 2.89. The van der Waals surface area contributed by atoms with Gasteiger partial charge in [-0.1, -0.05) is 44.4 Å². The lowest BCUT2D eigenvalue weighted by Gasteiger charge is -2.02. The molecule has 0 aliphatic heterocycles. The van der Waals surface area contributed by atoms with E-state index in [0.29, 0.717) is 5.76 Å². The summed E-state index contributed by atoms with van der Waals surface area (Å²) < 4.78 is 5.50. The molecule has 0 aliphatic rings. The van der Waals surface area contributed by atoms with Gasteiger partial charge in [-0.05, 0) is 18.6 Å². The minimum atomic E-state index is -0.123. The van der Waals surface area contributed by atoms with Crippen LogP contribution in [0, 0.1) is 0 Å². The predicted octanol–water partition coefficient (Wildman–Crippen LogP) is 3.74. The van der Waals surface area contributed by atoms with Crippen LogP contribution in [-0.4, -0.2) is 12.5 Å². The molecule has 1 aromatic heterocycles. The van der Waals surface area contributed by atoms with Gasteiger partial charge in [0.05, 0.1) is 0 Å². The van der Waals surface area contributed by atoms with Crippen molar-refractivity contribution < 1.29 is 9.21 Å². The van der Waals surface area contributed by atoms with Crippen LogP contribution >= 0.6 is 0 Å². The zero-order chi connectivity index (χ0) is 12.8. The third-order valence-electron chi connectivity index (χ3n) is 2.97. The second-order valence-corrected chi connectivity index (χ2v) is 4.47. The van der Waals surface area contributed by atoms with E-state index < -0.39 is 0 Å². The summed E-state index contributed by atoms with van der Waals surface area (Å²) in [5.74, 6) is 0.273. The summed E-state index contributed by atoms with van der Waals surface area (Å²) in [7, 11) is 0. The van der Waals surface area contributed by atoms with Crippen molar-refractivity contribution in [2.75, 3.05) is 6.54 Å². The third-order valence-corrected chi connectivity index (χ3v) is 2.97. The van der Waals surface area contributed by atoms with E-state index in [1.807, 2.05) is 24.3 Å². The van der Waals surface area contributed by atoms with Crippen molar-refractivity contribution in [1.29, 1.82) is 0 Å². The molecule has 0 bridgehead atoms. The van der Waals surface area contributed by atoms with E-state index in [1.165, 1.54) is 12.8 Å². The number of carbonyl (C=O) groups excluding carboxylic acids is 1. The molecule has 0 saturated heterocycles. The first-order valence-corrected chi connectivity index (χ1v) is 6.58. The van der Waals surface area contributed by atoms with Gasteiger partial charge < -0.3 is 9.73 Å². The molecular weight excluding hydrogens is 226 g/mol. The number of furan rings is 1. The first-order valence-electron chi connectivity index (χ1n) is 6.58. The van der Waals surface area contributed by atoms with Gasteiger partial charge in [-0.15, -0.1) is 0 Å². The number of benzene rings is 1. The highest BCUT2D eigenvalue weighted by Crippen LogP contribution is 2.18. The molecule has 0 aliphatic carbocycles. The van der Waals surface area contributed by atoms with Crippen LogP contribution in [0.15, 0.2) is 34.7 Å². The van der Waals surface area contributed by atoms with E-state index in [1.54, 1.807) is 6.07 Å². The Bertz CT molecular complexity index is 483. The van der Waals surface area contributed by atoms with Gasteiger partial charge in [0.15, 0.2) is 5.76 Å². The van der Waals surface area contributed by atoms with Crippen molar-refractivity contribution in [2.24, 2.45) is 0 Å². The van der Waals surface area contributed by atoms with Gasteiger partial charge in [-0.25, -0.2) is 0 Å². The zero-order valence-corrected chi connectivity index (χ0v) is 10.7. The summed E-state index contributed by atoms with van der Waals surface area (Å²) in [6, 6.07) is 9.43. The molecule has 2 aromatic rings. The van der Waals surface area contributed by atoms with E-state index in [-0.39, 0.29) is 5.91 Å². The molecule has 3 heteroatoms. The highest BCUT2D eigenvalue weighted by Gasteiger charge is 2.10. The molecule has 0 saturated carbocycles. The Morgan fingerprint density at radius 2 is 2.06 bits per heavy atom. The summed E-state index contributed by atoms with van der Waals surface area (Å²) in [5, 5.41) is 3.85. The van der Waals surface area contributed by atoms with Gasteiger partial charge in [0.1, 0.15) is 5.58 Å². The van der Waals surface area contributed by atoms with Crippen LogP contribution in [0.5, 0.6) is 0 Å². The van der Waals surface area contributed by atoms with E-state index in [9.17, 15) is 4.79 Å². The Morgan fingerprint density at radius 1 is 1.22 bits per heavy atom. The van der Waals surface area contributed by atoms with Gasteiger partial charge in [-0.3, -0.25) is 4.79 Å². The number of amides is 1. The lowest BCUT2D eigenvalue weighted by atomic mass is 10.2. The smallest absolute Gasteiger partial charge is 0.287 e. The molecule has 1 aromatic carbocycles. The normalized spacial score (nSPS) is 10.7. The Balaban J connectivity index is 1.88. The minimum absolute atomic E-state index is 0.123. The van der Waals surface area contributed by atoms with Gasteiger partial charge in [-0.2, -0.15) is 0 Å². The quantitative estimate of drug-likeness (QED) is 0.788. The lowest BCUT2D eigenvalue weighted by molar-refractivity contribution is 0.0927. The summed E-state index contributed by atoms with van der Waals surface area (Å²) in [5.41, 5.74) is 0.758. The average Bonchev–Trinajstić information content (AvgIpc) is 2.82. The fraction of sp³-hybridized carbons (Fsp3) is 0.400. The molecule has 3 nitrogen and oxygen atoms in total. The predicted molar refractivity (Wildman–Crippen MR) is 72.7 cm³/mol. The van der Waals surface area contributed by atoms with E-state index in [4.69, 9.17) is 4.42 Å². The second-order valence-electron chi connectivity index (χ2n) is 4.47. The molecule has 1 amide bonds. The number of unbranched alkanes of at least 4 members (excludes halogenated alkanes) is 3. The molecular formula is C15H19NO2. The first kappa shape index (κ1) is 12.7. The maximum atomic E-state index is 11.8. The molecule has 0 spiro atoms. The third kappa shape index (κ3) is 3.13.